The number of esters is 1. The summed E-state index contributed by atoms with van der Waals surface area (Å²) in [6, 6.07) is 4.98. The fraction of sp³-hybridized carbons (Fsp3) is 0.421. The Morgan fingerprint density at radius 2 is 2.28 bits per heavy atom. The van der Waals surface area contributed by atoms with Crippen LogP contribution in [0.5, 0.6) is 0 Å². The van der Waals surface area contributed by atoms with Crippen LogP contribution in [0.4, 0.5) is 10.1 Å². The lowest BCUT2D eigenvalue weighted by atomic mass is 9.90. The first-order chi connectivity index (χ1) is 11.9. The standard InChI is InChI=1S/C19H20FN3O2/c1-4-25-18(24)19(3)5-6-23(11-19)17-13(9-21)10-22-16-12(2)7-14(20)8-15(16)17/h7-8,10H,4-6,11H2,1-3H3. The van der Waals surface area contributed by atoms with Crippen molar-refractivity contribution < 1.29 is 13.9 Å². The van der Waals surface area contributed by atoms with Gasteiger partial charge in [0.2, 0.25) is 0 Å². The Bertz CT molecular complexity index is 890. The molecule has 0 N–H and O–H groups in total. The SMILES string of the molecule is CCOC(=O)C1(C)CCN(c2c(C#N)cnc3c(C)cc(F)cc23)C1. The highest BCUT2D eigenvalue weighted by molar-refractivity contribution is 5.96. The number of ether oxygens (including phenoxy) is 1. The van der Waals surface area contributed by atoms with Crippen LogP contribution in [-0.2, 0) is 9.53 Å². The zero-order chi connectivity index (χ0) is 18.2. The van der Waals surface area contributed by atoms with Crippen LogP contribution in [0.15, 0.2) is 18.3 Å². The summed E-state index contributed by atoms with van der Waals surface area (Å²) in [7, 11) is 0. The van der Waals surface area contributed by atoms with Gasteiger partial charge >= 0.3 is 5.97 Å². The van der Waals surface area contributed by atoms with Gasteiger partial charge in [0, 0.05) is 24.7 Å². The van der Waals surface area contributed by atoms with Gasteiger partial charge < -0.3 is 9.64 Å². The number of fused-ring (bicyclic) bond motifs is 1. The molecule has 1 fully saturated rings. The third kappa shape index (κ3) is 2.91. The lowest BCUT2D eigenvalue weighted by Gasteiger charge is -2.25. The number of rotatable bonds is 3. The van der Waals surface area contributed by atoms with Gasteiger partial charge in [-0.05, 0) is 44.9 Å². The van der Waals surface area contributed by atoms with Crippen molar-refractivity contribution in [2.75, 3.05) is 24.6 Å². The molecule has 2 aromatic rings. The van der Waals surface area contributed by atoms with Crippen molar-refractivity contribution in [2.45, 2.75) is 27.2 Å². The van der Waals surface area contributed by atoms with Gasteiger partial charge in [0.25, 0.3) is 0 Å². The summed E-state index contributed by atoms with van der Waals surface area (Å²) >= 11 is 0. The summed E-state index contributed by atoms with van der Waals surface area (Å²) in [4.78, 5) is 18.6. The van der Waals surface area contributed by atoms with Gasteiger partial charge in [-0.3, -0.25) is 9.78 Å². The summed E-state index contributed by atoms with van der Waals surface area (Å²) < 4.78 is 19.2. The number of halogens is 1. The van der Waals surface area contributed by atoms with Crippen LogP contribution < -0.4 is 4.90 Å². The molecule has 2 heterocycles. The van der Waals surface area contributed by atoms with E-state index < -0.39 is 5.41 Å². The molecule has 1 aliphatic heterocycles. The molecule has 0 spiro atoms. The molecule has 0 bridgehead atoms. The number of aromatic nitrogens is 1. The Kier molecular flexibility index (Phi) is 4.34. The first-order valence-electron chi connectivity index (χ1n) is 8.30. The molecule has 1 aromatic carbocycles. The van der Waals surface area contributed by atoms with E-state index in [2.05, 4.69) is 11.1 Å². The predicted molar refractivity (Wildman–Crippen MR) is 92.7 cm³/mol. The lowest BCUT2D eigenvalue weighted by Crippen LogP contribution is -2.33. The Morgan fingerprint density at radius 3 is 2.96 bits per heavy atom. The number of nitriles is 1. The monoisotopic (exact) mass is 341 g/mol. The Balaban J connectivity index is 2.10. The van der Waals surface area contributed by atoms with Crippen LogP contribution in [0, 0.1) is 29.5 Å². The molecule has 0 radical (unpaired) electrons. The third-order valence-corrected chi connectivity index (χ3v) is 4.78. The summed E-state index contributed by atoms with van der Waals surface area (Å²) in [6.07, 6.45) is 2.14. The number of pyridine rings is 1. The summed E-state index contributed by atoms with van der Waals surface area (Å²) in [5.74, 6) is -0.604. The van der Waals surface area contributed by atoms with E-state index in [-0.39, 0.29) is 11.8 Å². The van der Waals surface area contributed by atoms with Crippen LogP contribution in [-0.4, -0.2) is 30.6 Å². The highest BCUT2D eigenvalue weighted by Crippen LogP contribution is 2.39. The van der Waals surface area contributed by atoms with E-state index in [4.69, 9.17) is 4.74 Å². The average molecular weight is 341 g/mol. The lowest BCUT2D eigenvalue weighted by molar-refractivity contribution is -0.153. The predicted octanol–water partition coefficient (Wildman–Crippen LogP) is 3.33. The molecule has 1 aromatic heterocycles. The minimum absolute atomic E-state index is 0.239. The van der Waals surface area contributed by atoms with E-state index in [0.717, 1.165) is 0 Å². The number of anilines is 1. The first kappa shape index (κ1) is 17.2. The molecule has 1 atom stereocenters. The van der Waals surface area contributed by atoms with Crippen molar-refractivity contribution in [1.29, 1.82) is 5.26 Å². The van der Waals surface area contributed by atoms with Gasteiger partial charge in [0.05, 0.1) is 28.8 Å². The molecule has 1 saturated heterocycles. The Labute approximate surface area is 146 Å². The molecule has 3 rings (SSSR count). The second-order valence-electron chi connectivity index (χ2n) is 6.70. The van der Waals surface area contributed by atoms with E-state index >= 15 is 0 Å². The summed E-state index contributed by atoms with van der Waals surface area (Å²) in [5, 5.41) is 10.1. The van der Waals surface area contributed by atoms with Crippen molar-refractivity contribution in [3.8, 4) is 6.07 Å². The van der Waals surface area contributed by atoms with E-state index in [9.17, 15) is 14.4 Å². The average Bonchev–Trinajstić information content (AvgIpc) is 2.97. The topological polar surface area (TPSA) is 66.2 Å². The van der Waals surface area contributed by atoms with Crippen molar-refractivity contribution in [1.82, 2.24) is 4.98 Å². The largest absolute Gasteiger partial charge is 0.466 e. The molecule has 130 valence electrons. The van der Waals surface area contributed by atoms with Gasteiger partial charge in [-0.2, -0.15) is 5.26 Å². The maximum atomic E-state index is 14.0. The van der Waals surface area contributed by atoms with E-state index in [0.29, 0.717) is 53.8 Å². The zero-order valence-electron chi connectivity index (χ0n) is 14.6. The molecule has 5 nitrogen and oxygen atoms in total. The third-order valence-electron chi connectivity index (χ3n) is 4.78. The fourth-order valence-electron chi connectivity index (χ4n) is 3.47. The second-order valence-corrected chi connectivity index (χ2v) is 6.70. The number of hydrogen-bond donors (Lipinski definition) is 0. The molecule has 1 aliphatic rings. The van der Waals surface area contributed by atoms with Crippen molar-refractivity contribution in [3.05, 3.63) is 35.3 Å². The maximum Gasteiger partial charge on any atom is 0.313 e. The second kappa shape index (κ2) is 6.32. The Hall–Kier alpha value is -2.68. The molecule has 6 heteroatoms. The zero-order valence-corrected chi connectivity index (χ0v) is 14.6. The summed E-state index contributed by atoms with van der Waals surface area (Å²) in [6.45, 7) is 6.80. The van der Waals surface area contributed by atoms with Crippen molar-refractivity contribution in [3.63, 3.8) is 0 Å². The quantitative estimate of drug-likeness (QED) is 0.801. The van der Waals surface area contributed by atoms with Crippen LogP contribution in [0.3, 0.4) is 0 Å². The maximum absolute atomic E-state index is 14.0. The van der Waals surface area contributed by atoms with Crippen LogP contribution in [0.25, 0.3) is 10.9 Å². The molecule has 1 unspecified atom stereocenters. The van der Waals surface area contributed by atoms with Gasteiger partial charge in [0.1, 0.15) is 11.9 Å². The van der Waals surface area contributed by atoms with Gasteiger partial charge in [-0.1, -0.05) is 0 Å². The minimum atomic E-state index is -0.638. The number of nitrogens with zero attached hydrogens (tertiary/aromatic N) is 3. The number of hydrogen-bond acceptors (Lipinski definition) is 5. The summed E-state index contributed by atoms with van der Waals surface area (Å²) in [5.41, 5.74) is 1.77. The van der Waals surface area contributed by atoms with Crippen molar-refractivity contribution >= 4 is 22.6 Å². The molecular weight excluding hydrogens is 321 g/mol. The Morgan fingerprint density at radius 1 is 1.52 bits per heavy atom. The van der Waals surface area contributed by atoms with E-state index in [1.54, 1.807) is 13.8 Å². The van der Waals surface area contributed by atoms with Crippen LogP contribution in [0.2, 0.25) is 0 Å². The van der Waals surface area contributed by atoms with Crippen LogP contribution >= 0.6 is 0 Å². The molecule has 0 saturated carbocycles. The highest BCUT2D eigenvalue weighted by Gasteiger charge is 2.42. The number of benzene rings is 1. The number of carbonyl (C=O) groups is 1. The van der Waals surface area contributed by atoms with Gasteiger partial charge in [-0.15, -0.1) is 0 Å². The smallest absolute Gasteiger partial charge is 0.313 e. The van der Waals surface area contributed by atoms with Gasteiger partial charge in [-0.25, -0.2) is 4.39 Å². The number of carbonyl (C=O) groups excluding carboxylic acids is 1. The van der Waals surface area contributed by atoms with E-state index in [1.807, 2.05) is 11.8 Å². The van der Waals surface area contributed by atoms with E-state index in [1.165, 1.54) is 18.3 Å². The molecule has 0 aliphatic carbocycles. The van der Waals surface area contributed by atoms with Crippen LogP contribution in [0.1, 0.15) is 31.4 Å². The highest BCUT2D eigenvalue weighted by atomic mass is 19.1. The molecule has 0 amide bonds. The molecule has 25 heavy (non-hydrogen) atoms. The van der Waals surface area contributed by atoms with Gasteiger partial charge in [0.15, 0.2) is 0 Å². The first-order valence-corrected chi connectivity index (χ1v) is 8.30. The fourth-order valence-corrected chi connectivity index (χ4v) is 3.47. The normalized spacial score (nSPS) is 19.9. The van der Waals surface area contributed by atoms with Crippen molar-refractivity contribution in [2.24, 2.45) is 5.41 Å². The minimum Gasteiger partial charge on any atom is -0.466 e. The molecular formula is C19H20FN3O2. The number of aryl methyl sites for hydroxylation is 1.